The predicted molar refractivity (Wildman–Crippen MR) is 228 cm³/mol. The van der Waals surface area contributed by atoms with Gasteiger partial charge in [-0.25, -0.2) is 8.61 Å². The summed E-state index contributed by atoms with van der Waals surface area (Å²) < 4.78 is 62.0. The van der Waals surface area contributed by atoms with Crippen molar-refractivity contribution in [1.82, 2.24) is 27.2 Å². The van der Waals surface area contributed by atoms with Crippen LogP contribution in [0.2, 0.25) is 0 Å². The molecule has 60 heavy (non-hydrogen) atoms. The fraction of sp³-hybridized carbons (Fsp3) is 0.429. The van der Waals surface area contributed by atoms with Crippen molar-refractivity contribution in [2.24, 2.45) is 23.3 Å². The highest BCUT2D eigenvalue weighted by atomic mass is 32.2. The zero-order valence-electron chi connectivity index (χ0n) is 34.8. The molecule has 2 amide bonds. The second kappa shape index (κ2) is 21.2. The number of pyridine rings is 2. The van der Waals surface area contributed by atoms with E-state index in [1.807, 2.05) is 0 Å². The van der Waals surface area contributed by atoms with Gasteiger partial charge in [-0.3, -0.25) is 19.6 Å². The monoisotopic (exact) mass is 866 g/mol. The van der Waals surface area contributed by atoms with Crippen LogP contribution >= 0.6 is 0 Å². The fourth-order valence-electron chi connectivity index (χ4n) is 6.51. The van der Waals surface area contributed by atoms with Gasteiger partial charge in [-0.2, -0.15) is 25.4 Å². The lowest BCUT2D eigenvalue weighted by Gasteiger charge is -2.43. The number of hydrogen-bond donors (Lipinski definition) is 4. The molecule has 4 aromatic rings. The Morgan fingerprint density at radius 2 is 0.883 bits per heavy atom. The summed E-state index contributed by atoms with van der Waals surface area (Å²) in [6.07, 6.45) is -2.20. The second-order valence-corrected chi connectivity index (χ2v) is 19.3. The standard InChI is InChI=1S/C42H58N8O8S2/c1-29(2)37(43)41(53)49(59(55,56)47(5)27-33-21-13-15-23-45-33)35(25-31-17-9-7-10-18-31)39(51)40(52)36(26-32-19-11-8-12-20-32)50(42(54)38(44)30(3)4)60(57,58)48(6)28-34-22-14-16-24-46-34/h7-24,29-30,35-40,51-52H,25-28,43-44H2,1-6H3/t35-,36-,37-,38-,39?,40?/m0/s1. The lowest BCUT2D eigenvalue weighted by molar-refractivity contribution is -0.139. The van der Waals surface area contributed by atoms with Gasteiger partial charge in [0.25, 0.3) is 11.8 Å². The Kier molecular flexibility index (Phi) is 17.0. The molecule has 326 valence electrons. The van der Waals surface area contributed by atoms with Crippen molar-refractivity contribution in [3.63, 3.8) is 0 Å². The van der Waals surface area contributed by atoms with Gasteiger partial charge in [0.2, 0.25) is 0 Å². The summed E-state index contributed by atoms with van der Waals surface area (Å²) in [6, 6.07) is 20.2. The minimum absolute atomic E-state index is 0.284. The number of amides is 2. The van der Waals surface area contributed by atoms with E-state index in [1.165, 1.54) is 26.5 Å². The molecule has 0 aliphatic rings. The number of carbonyl (C=O) groups is 2. The van der Waals surface area contributed by atoms with E-state index >= 15 is 0 Å². The van der Waals surface area contributed by atoms with Crippen LogP contribution < -0.4 is 11.5 Å². The quantitative estimate of drug-likeness (QED) is 0.0944. The Hall–Kier alpha value is -4.66. The van der Waals surface area contributed by atoms with Crippen LogP contribution in [0.15, 0.2) is 109 Å². The molecule has 0 saturated heterocycles. The number of aliphatic hydroxyl groups is 2. The summed E-state index contributed by atoms with van der Waals surface area (Å²) in [5.41, 5.74) is 14.4. The maximum atomic E-state index is 14.8. The molecule has 0 bridgehead atoms. The number of benzene rings is 2. The van der Waals surface area contributed by atoms with E-state index in [4.69, 9.17) is 11.5 Å². The normalized spacial score (nSPS) is 15.4. The maximum Gasteiger partial charge on any atom is 0.306 e. The number of aromatic nitrogens is 2. The summed E-state index contributed by atoms with van der Waals surface area (Å²) in [5, 5.41) is 25.2. The largest absolute Gasteiger partial charge is 0.388 e. The minimum Gasteiger partial charge on any atom is -0.388 e. The molecule has 4 rings (SSSR count). The third kappa shape index (κ3) is 11.8. The van der Waals surface area contributed by atoms with Gasteiger partial charge >= 0.3 is 20.4 Å². The van der Waals surface area contributed by atoms with Gasteiger partial charge < -0.3 is 21.7 Å². The number of carbonyl (C=O) groups excluding carboxylic acids is 2. The average Bonchev–Trinajstić information content (AvgIpc) is 3.23. The molecule has 18 heteroatoms. The van der Waals surface area contributed by atoms with Crippen LogP contribution in [0, 0.1) is 11.8 Å². The van der Waals surface area contributed by atoms with Gasteiger partial charge in [0, 0.05) is 26.5 Å². The number of nitrogens with two attached hydrogens (primary N) is 2. The zero-order valence-corrected chi connectivity index (χ0v) is 36.5. The van der Waals surface area contributed by atoms with Crippen molar-refractivity contribution in [1.29, 1.82) is 0 Å². The lowest BCUT2D eigenvalue weighted by Crippen LogP contribution is -2.65. The van der Waals surface area contributed by atoms with Crippen LogP contribution in [0.1, 0.15) is 50.2 Å². The molecular formula is C42H58N8O8S2. The van der Waals surface area contributed by atoms with Gasteiger partial charge in [-0.15, -0.1) is 0 Å². The molecule has 16 nitrogen and oxygen atoms in total. The SMILES string of the molecule is CC(C)[C@H](N)C(=O)N([C@@H](Cc1ccccc1)C(O)C(O)[C@H](Cc1ccccc1)N(C(=O)[C@@H](N)C(C)C)S(=O)(=O)N(C)Cc1ccccn1)S(=O)(=O)N(C)Cc1ccccn1. The third-order valence-electron chi connectivity index (χ3n) is 10.3. The first-order valence-corrected chi connectivity index (χ1v) is 22.4. The van der Waals surface area contributed by atoms with Crippen LogP contribution in [0.3, 0.4) is 0 Å². The highest BCUT2D eigenvalue weighted by Crippen LogP contribution is 2.29. The van der Waals surface area contributed by atoms with E-state index in [2.05, 4.69) is 9.97 Å². The van der Waals surface area contributed by atoms with Gasteiger partial charge in [0.15, 0.2) is 0 Å². The van der Waals surface area contributed by atoms with Crippen molar-refractivity contribution < 1.29 is 36.6 Å². The number of hydrogen-bond acceptors (Lipinski definition) is 12. The van der Waals surface area contributed by atoms with Crippen LogP contribution in [0.4, 0.5) is 0 Å². The second-order valence-electron chi connectivity index (χ2n) is 15.5. The molecular weight excluding hydrogens is 809 g/mol. The molecule has 6 atom stereocenters. The maximum absolute atomic E-state index is 14.8. The van der Waals surface area contributed by atoms with Crippen LogP contribution in [-0.4, -0.2) is 117 Å². The first kappa shape index (κ1) is 48.0. The first-order valence-electron chi connectivity index (χ1n) is 19.6. The predicted octanol–water partition coefficient (Wildman–Crippen LogP) is 2.10. The molecule has 0 fully saturated rings. The molecule has 2 heterocycles. The minimum atomic E-state index is -4.91. The molecule has 0 aliphatic carbocycles. The summed E-state index contributed by atoms with van der Waals surface area (Å²) >= 11 is 0. The Labute approximate surface area is 354 Å². The van der Waals surface area contributed by atoms with Crippen molar-refractivity contribution in [3.05, 3.63) is 132 Å². The number of rotatable bonds is 21. The Balaban J connectivity index is 1.96. The molecule has 0 radical (unpaired) electrons. The first-order chi connectivity index (χ1) is 28.3. The summed E-state index contributed by atoms with van der Waals surface area (Å²) in [5.74, 6) is -3.32. The zero-order chi connectivity index (χ0) is 44.4. The Morgan fingerprint density at radius 1 is 0.567 bits per heavy atom. The molecule has 2 aromatic heterocycles. The summed E-state index contributed by atoms with van der Waals surface area (Å²) in [6.45, 7) is 5.96. The van der Waals surface area contributed by atoms with Crippen LogP contribution in [0.25, 0.3) is 0 Å². The van der Waals surface area contributed by atoms with E-state index in [0.717, 1.165) is 8.61 Å². The Bertz CT molecular complexity index is 2030. The van der Waals surface area contributed by atoms with Crippen molar-refractivity contribution in [3.8, 4) is 0 Å². The molecule has 0 aliphatic heterocycles. The van der Waals surface area contributed by atoms with Crippen molar-refractivity contribution in [2.75, 3.05) is 14.1 Å². The van der Waals surface area contributed by atoms with Gasteiger partial charge in [0.1, 0.15) is 12.2 Å². The van der Waals surface area contributed by atoms with E-state index in [-0.39, 0.29) is 25.9 Å². The smallest absolute Gasteiger partial charge is 0.306 e. The van der Waals surface area contributed by atoms with Crippen molar-refractivity contribution in [2.45, 2.75) is 90.0 Å². The topological polar surface area (TPSA) is 234 Å². The summed E-state index contributed by atoms with van der Waals surface area (Å²) in [4.78, 5) is 37.5. The number of aliphatic hydroxyl groups excluding tert-OH is 2. The van der Waals surface area contributed by atoms with Crippen LogP contribution in [-0.2, 0) is 55.9 Å². The van der Waals surface area contributed by atoms with Gasteiger partial charge in [-0.1, -0.05) is 100 Å². The van der Waals surface area contributed by atoms with Gasteiger partial charge in [0.05, 0.1) is 48.6 Å². The molecule has 2 aromatic carbocycles. The highest BCUT2D eigenvalue weighted by molar-refractivity contribution is 7.87. The molecule has 6 N–H and O–H groups in total. The van der Waals surface area contributed by atoms with Gasteiger partial charge in [-0.05, 0) is 60.1 Å². The molecule has 2 unspecified atom stereocenters. The highest BCUT2D eigenvalue weighted by Gasteiger charge is 2.50. The van der Waals surface area contributed by atoms with Crippen LogP contribution in [0.5, 0.6) is 0 Å². The molecule has 0 spiro atoms. The summed E-state index contributed by atoms with van der Waals surface area (Å²) in [7, 11) is -7.33. The lowest BCUT2D eigenvalue weighted by atomic mass is 9.90. The van der Waals surface area contributed by atoms with E-state index < -0.39 is 80.4 Å². The van der Waals surface area contributed by atoms with E-state index in [9.17, 15) is 36.6 Å². The average molecular weight is 867 g/mol. The van der Waals surface area contributed by atoms with E-state index in [1.54, 1.807) is 125 Å². The van der Waals surface area contributed by atoms with E-state index in [0.29, 0.717) is 31.1 Å². The Morgan fingerprint density at radius 3 is 1.17 bits per heavy atom. The third-order valence-corrected chi connectivity index (χ3v) is 14.0. The molecule has 0 saturated carbocycles. The number of nitrogens with zero attached hydrogens (tertiary/aromatic N) is 6. The van der Waals surface area contributed by atoms with Crippen molar-refractivity contribution >= 4 is 32.2 Å². The fourth-order valence-corrected chi connectivity index (χ4v) is 9.49.